The molecule has 0 atom stereocenters. The van der Waals surface area contributed by atoms with Gasteiger partial charge in [0, 0.05) is 5.41 Å². The average Bonchev–Trinajstić information content (AvgIpc) is 2.72. The van der Waals surface area contributed by atoms with Crippen molar-refractivity contribution in [3.8, 4) is 17.2 Å². The predicted octanol–water partition coefficient (Wildman–Crippen LogP) is 5.48. The molecular weight excluding hydrogens is 336 g/mol. The summed E-state index contributed by atoms with van der Waals surface area (Å²) in [6.45, 7) is 5.40. The molecule has 0 saturated carbocycles. The van der Waals surface area contributed by atoms with Gasteiger partial charge in [-0.05, 0) is 35.4 Å². The number of hydrogen-bond donors (Lipinski definition) is 0. The molecule has 0 fully saturated rings. The van der Waals surface area contributed by atoms with Gasteiger partial charge >= 0.3 is 0 Å². The van der Waals surface area contributed by atoms with Gasteiger partial charge in [0.05, 0.1) is 7.11 Å². The smallest absolute Gasteiger partial charge is 0.161 e. The summed E-state index contributed by atoms with van der Waals surface area (Å²) in [4.78, 5) is 0. The molecule has 0 aliphatic heterocycles. The van der Waals surface area contributed by atoms with Crippen molar-refractivity contribution in [3.05, 3.63) is 90.0 Å². The lowest BCUT2D eigenvalue weighted by Gasteiger charge is -2.26. The number of rotatable bonds is 8. The molecule has 0 unspecified atom stereocenters. The van der Waals surface area contributed by atoms with Crippen LogP contribution >= 0.6 is 0 Å². The molecule has 3 aromatic rings. The Hall–Kier alpha value is -2.94. The molecule has 0 heterocycles. The van der Waals surface area contributed by atoms with Crippen LogP contribution in [0.5, 0.6) is 17.2 Å². The highest BCUT2D eigenvalue weighted by Crippen LogP contribution is 2.32. The Morgan fingerprint density at radius 1 is 0.630 bits per heavy atom. The van der Waals surface area contributed by atoms with E-state index in [2.05, 4.69) is 50.2 Å². The van der Waals surface area contributed by atoms with Gasteiger partial charge in [0.2, 0.25) is 0 Å². The van der Waals surface area contributed by atoms with Gasteiger partial charge in [0.15, 0.2) is 11.5 Å². The van der Waals surface area contributed by atoms with Crippen molar-refractivity contribution >= 4 is 0 Å². The fourth-order valence-electron chi connectivity index (χ4n) is 3.04. The van der Waals surface area contributed by atoms with E-state index in [0.717, 1.165) is 17.2 Å². The van der Waals surface area contributed by atoms with Gasteiger partial charge in [-0.15, -0.1) is 0 Å². The van der Waals surface area contributed by atoms with Crippen LogP contribution in [0.25, 0.3) is 0 Å². The Kier molecular flexibility index (Phi) is 6.02. The van der Waals surface area contributed by atoms with Crippen LogP contribution < -0.4 is 14.2 Å². The van der Waals surface area contributed by atoms with Crippen LogP contribution in [0.1, 0.15) is 25.0 Å². The van der Waals surface area contributed by atoms with E-state index in [9.17, 15) is 0 Å². The van der Waals surface area contributed by atoms with Crippen LogP contribution in [0.2, 0.25) is 0 Å². The van der Waals surface area contributed by atoms with Crippen LogP contribution in [0.3, 0.4) is 0 Å². The third-order valence-corrected chi connectivity index (χ3v) is 4.75. The fourth-order valence-corrected chi connectivity index (χ4v) is 3.04. The van der Waals surface area contributed by atoms with Gasteiger partial charge in [0.1, 0.15) is 19.0 Å². The Morgan fingerprint density at radius 3 is 1.85 bits per heavy atom. The van der Waals surface area contributed by atoms with Crippen LogP contribution in [-0.4, -0.2) is 20.3 Å². The lowest BCUT2D eigenvalue weighted by molar-refractivity contribution is 0.211. The molecule has 0 bridgehead atoms. The highest BCUT2D eigenvalue weighted by molar-refractivity contribution is 5.40. The van der Waals surface area contributed by atoms with Gasteiger partial charge in [-0.3, -0.25) is 0 Å². The summed E-state index contributed by atoms with van der Waals surface area (Å²) in [7, 11) is 1.64. The first-order valence-electron chi connectivity index (χ1n) is 9.16. The first kappa shape index (κ1) is 18.8. The van der Waals surface area contributed by atoms with Gasteiger partial charge in [-0.2, -0.15) is 0 Å². The van der Waals surface area contributed by atoms with Crippen LogP contribution in [0.15, 0.2) is 78.9 Å². The predicted molar refractivity (Wildman–Crippen MR) is 109 cm³/mol. The van der Waals surface area contributed by atoms with Gasteiger partial charge in [-0.1, -0.05) is 68.4 Å². The van der Waals surface area contributed by atoms with Gasteiger partial charge < -0.3 is 14.2 Å². The second-order valence-electron chi connectivity index (χ2n) is 6.86. The zero-order valence-corrected chi connectivity index (χ0v) is 16.1. The van der Waals surface area contributed by atoms with Crippen LogP contribution in [-0.2, 0) is 5.41 Å². The summed E-state index contributed by atoms with van der Waals surface area (Å²) in [5.41, 5.74) is 2.50. The van der Waals surface area contributed by atoms with Crippen molar-refractivity contribution < 1.29 is 14.2 Å². The third-order valence-electron chi connectivity index (χ3n) is 4.75. The van der Waals surface area contributed by atoms with E-state index in [-0.39, 0.29) is 5.41 Å². The minimum Gasteiger partial charge on any atom is -0.493 e. The summed E-state index contributed by atoms with van der Waals surface area (Å²) in [5, 5.41) is 0. The fraction of sp³-hybridized carbons (Fsp3) is 0.250. The minimum absolute atomic E-state index is 0.0488. The quantitative estimate of drug-likeness (QED) is 0.497. The number of methoxy groups -OCH3 is 1. The molecule has 3 nitrogen and oxygen atoms in total. The summed E-state index contributed by atoms with van der Waals surface area (Å²) in [5.74, 6) is 2.29. The lowest BCUT2D eigenvalue weighted by Crippen LogP contribution is -2.18. The molecule has 3 heteroatoms. The number of ether oxygens (including phenoxy) is 3. The molecule has 0 spiro atoms. The maximum atomic E-state index is 5.81. The maximum Gasteiger partial charge on any atom is 0.161 e. The van der Waals surface area contributed by atoms with E-state index in [1.807, 2.05) is 42.5 Å². The molecule has 0 radical (unpaired) electrons. The summed E-state index contributed by atoms with van der Waals surface area (Å²) in [6.07, 6.45) is 0. The second-order valence-corrected chi connectivity index (χ2v) is 6.86. The van der Waals surface area contributed by atoms with E-state index >= 15 is 0 Å². The minimum atomic E-state index is -0.0488. The Morgan fingerprint density at radius 2 is 1.19 bits per heavy atom. The summed E-state index contributed by atoms with van der Waals surface area (Å²) in [6, 6.07) is 26.4. The number of benzene rings is 3. The molecular formula is C24H26O3. The second kappa shape index (κ2) is 8.63. The molecule has 3 rings (SSSR count). The summed E-state index contributed by atoms with van der Waals surface area (Å²) < 4.78 is 16.8. The Balaban J connectivity index is 1.55. The summed E-state index contributed by atoms with van der Waals surface area (Å²) >= 11 is 0. The first-order chi connectivity index (χ1) is 13.1. The van der Waals surface area contributed by atoms with Crippen molar-refractivity contribution in [1.29, 1.82) is 0 Å². The standard InChI is InChI=1S/C24H26O3/c1-24(2,19-9-5-4-6-10-19)20-13-15-21(16-14-20)26-17-18-27-23-12-8-7-11-22(23)25-3/h4-16H,17-18H2,1-3H3. The van der Waals surface area contributed by atoms with Crippen molar-refractivity contribution in [2.24, 2.45) is 0 Å². The van der Waals surface area contributed by atoms with E-state index in [1.165, 1.54) is 11.1 Å². The van der Waals surface area contributed by atoms with Crippen LogP contribution in [0.4, 0.5) is 0 Å². The van der Waals surface area contributed by atoms with Gasteiger partial charge in [0.25, 0.3) is 0 Å². The largest absolute Gasteiger partial charge is 0.493 e. The van der Waals surface area contributed by atoms with Gasteiger partial charge in [-0.25, -0.2) is 0 Å². The zero-order valence-electron chi connectivity index (χ0n) is 16.1. The molecule has 0 saturated heterocycles. The van der Waals surface area contributed by atoms with Crippen molar-refractivity contribution in [3.63, 3.8) is 0 Å². The molecule has 27 heavy (non-hydrogen) atoms. The van der Waals surface area contributed by atoms with E-state index in [0.29, 0.717) is 13.2 Å². The third kappa shape index (κ3) is 4.62. The van der Waals surface area contributed by atoms with E-state index < -0.39 is 0 Å². The zero-order chi connectivity index (χ0) is 19.1. The molecule has 140 valence electrons. The number of hydrogen-bond acceptors (Lipinski definition) is 3. The van der Waals surface area contributed by atoms with E-state index in [4.69, 9.17) is 14.2 Å². The van der Waals surface area contributed by atoms with Crippen molar-refractivity contribution in [1.82, 2.24) is 0 Å². The van der Waals surface area contributed by atoms with Crippen molar-refractivity contribution in [2.75, 3.05) is 20.3 Å². The highest BCUT2D eigenvalue weighted by Gasteiger charge is 2.22. The molecule has 0 aliphatic carbocycles. The maximum absolute atomic E-state index is 5.81. The molecule has 0 amide bonds. The van der Waals surface area contributed by atoms with E-state index in [1.54, 1.807) is 7.11 Å². The molecule has 0 aromatic heterocycles. The molecule has 0 aliphatic rings. The molecule has 0 N–H and O–H groups in total. The molecule has 3 aromatic carbocycles. The lowest BCUT2D eigenvalue weighted by atomic mass is 9.78. The SMILES string of the molecule is COc1ccccc1OCCOc1ccc(C(C)(C)c2ccccc2)cc1. The van der Waals surface area contributed by atoms with Crippen LogP contribution in [0, 0.1) is 0 Å². The monoisotopic (exact) mass is 362 g/mol. The average molecular weight is 362 g/mol. The van der Waals surface area contributed by atoms with Crippen molar-refractivity contribution in [2.45, 2.75) is 19.3 Å². The highest BCUT2D eigenvalue weighted by atomic mass is 16.5. The normalized spacial score (nSPS) is 11.1. The topological polar surface area (TPSA) is 27.7 Å². The first-order valence-corrected chi connectivity index (χ1v) is 9.16. The number of para-hydroxylation sites is 2. The Labute approximate surface area is 161 Å². The Bertz CT molecular complexity index is 839.